The maximum Gasteiger partial charge on any atom is 0.326 e. The summed E-state index contributed by atoms with van der Waals surface area (Å²) in [6, 6.07) is 1.07. The van der Waals surface area contributed by atoms with Crippen molar-refractivity contribution in [2.75, 3.05) is 6.54 Å². The average Bonchev–Trinajstić information content (AvgIpc) is 2.81. The lowest BCUT2D eigenvalue weighted by Crippen LogP contribution is -2.49. The van der Waals surface area contributed by atoms with Gasteiger partial charge in [0.25, 0.3) is 0 Å². The van der Waals surface area contributed by atoms with Gasteiger partial charge in [-0.05, 0) is 30.9 Å². The predicted molar refractivity (Wildman–Crippen MR) is 73.8 cm³/mol. The topological polar surface area (TPSA) is 75.4 Å². The van der Waals surface area contributed by atoms with Crippen LogP contribution < -0.4 is 0 Å². The van der Waals surface area contributed by atoms with Gasteiger partial charge in [-0.15, -0.1) is 0 Å². The summed E-state index contributed by atoms with van der Waals surface area (Å²) in [4.78, 5) is 24.9. The van der Waals surface area contributed by atoms with Crippen molar-refractivity contribution >= 4 is 18.0 Å². The molecule has 2 atom stereocenters. The Bertz CT molecular complexity index is 536. The maximum atomic E-state index is 12.2. The molecule has 1 aromatic heterocycles. The lowest BCUT2D eigenvalue weighted by molar-refractivity contribution is -0.151. The summed E-state index contributed by atoms with van der Waals surface area (Å²) < 4.78 is 1.65. The van der Waals surface area contributed by atoms with Crippen molar-refractivity contribution in [3.63, 3.8) is 0 Å². The molecule has 1 aromatic rings. The minimum Gasteiger partial charge on any atom is -0.480 e. The van der Waals surface area contributed by atoms with Gasteiger partial charge >= 0.3 is 5.97 Å². The first-order valence-corrected chi connectivity index (χ1v) is 6.68. The van der Waals surface area contributed by atoms with Crippen molar-refractivity contribution < 1.29 is 14.7 Å². The number of aryl methyl sites for hydroxylation is 1. The molecule has 0 aliphatic carbocycles. The normalized spacial score (nSPS) is 23.2. The highest BCUT2D eigenvalue weighted by Crippen LogP contribution is 2.23. The van der Waals surface area contributed by atoms with E-state index in [1.807, 2.05) is 6.92 Å². The van der Waals surface area contributed by atoms with Gasteiger partial charge < -0.3 is 10.0 Å². The van der Waals surface area contributed by atoms with Crippen LogP contribution in [0.4, 0.5) is 0 Å². The first-order valence-electron chi connectivity index (χ1n) is 6.68. The van der Waals surface area contributed by atoms with Crippen LogP contribution in [-0.2, 0) is 16.6 Å². The number of carbonyl (C=O) groups is 2. The Hall–Kier alpha value is -2.11. The molecule has 1 amide bonds. The molecule has 20 heavy (non-hydrogen) atoms. The second-order valence-corrected chi connectivity index (χ2v) is 5.23. The second-order valence-electron chi connectivity index (χ2n) is 5.23. The summed E-state index contributed by atoms with van der Waals surface area (Å²) in [6.07, 6.45) is 6.08. The number of carbonyl (C=O) groups excluding carboxylic acids is 1. The molecule has 0 bridgehead atoms. The average molecular weight is 277 g/mol. The third-order valence-corrected chi connectivity index (χ3v) is 3.69. The van der Waals surface area contributed by atoms with Crippen molar-refractivity contribution in [3.8, 4) is 0 Å². The van der Waals surface area contributed by atoms with E-state index < -0.39 is 12.0 Å². The fourth-order valence-electron chi connectivity index (χ4n) is 2.44. The summed E-state index contributed by atoms with van der Waals surface area (Å²) in [5.74, 6) is -0.856. The smallest absolute Gasteiger partial charge is 0.326 e. The molecule has 0 aromatic carbocycles. The van der Waals surface area contributed by atoms with Gasteiger partial charge in [0.05, 0.1) is 5.69 Å². The molecule has 6 heteroatoms. The number of likely N-dealkylation sites (tertiary alicyclic amines) is 1. The van der Waals surface area contributed by atoms with Crippen LogP contribution in [0.1, 0.15) is 25.5 Å². The number of rotatable bonds is 3. The van der Waals surface area contributed by atoms with Crippen molar-refractivity contribution in [2.45, 2.75) is 25.8 Å². The highest BCUT2D eigenvalue weighted by Gasteiger charge is 2.33. The predicted octanol–water partition coefficient (Wildman–Crippen LogP) is 1.14. The summed E-state index contributed by atoms with van der Waals surface area (Å²) in [5, 5.41) is 13.2. The third kappa shape index (κ3) is 3.07. The Morgan fingerprint density at radius 1 is 1.50 bits per heavy atom. The zero-order chi connectivity index (χ0) is 14.7. The fraction of sp³-hybridized carbons (Fsp3) is 0.500. The minimum atomic E-state index is -0.932. The molecule has 2 heterocycles. The number of hydrogen-bond donors (Lipinski definition) is 1. The summed E-state index contributed by atoms with van der Waals surface area (Å²) in [5.41, 5.74) is 0.801. The number of carboxylic acid groups (broad SMARTS) is 1. The molecule has 2 rings (SSSR count). The van der Waals surface area contributed by atoms with Crippen LogP contribution in [0.2, 0.25) is 0 Å². The van der Waals surface area contributed by atoms with Gasteiger partial charge in [-0.1, -0.05) is 6.92 Å². The molecule has 1 aliphatic rings. The van der Waals surface area contributed by atoms with Gasteiger partial charge in [0.2, 0.25) is 5.91 Å². The van der Waals surface area contributed by atoms with Crippen LogP contribution in [0.25, 0.3) is 6.08 Å². The summed E-state index contributed by atoms with van der Waals surface area (Å²) >= 11 is 0. The van der Waals surface area contributed by atoms with E-state index >= 15 is 0 Å². The summed E-state index contributed by atoms with van der Waals surface area (Å²) in [6.45, 7) is 2.51. The SMILES string of the molecule is CC1CCN(C(=O)/C=C/c2ccnn2C)C(C(=O)O)C1. The van der Waals surface area contributed by atoms with E-state index in [0.29, 0.717) is 18.9 Å². The van der Waals surface area contributed by atoms with Gasteiger partial charge in [0, 0.05) is 25.9 Å². The lowest BCUT2D eigenvalue weighted by Gasteiger charge is -2.35. The van der Waals surface area contributed by atoms with Crippen LogP contribution in [0.5, 0.6) is 0 Å². The number of aliphatic carboxylic acids is 1. The van der Waals surface area contributed by atoms with Crippen LogP contribution in [0.15, 0.2) is 18.3 Å². The van der Waals surface area contributed by atoms with E-state index in [0.717, 1.165) is 12.1 Å². The minimum absolute atomic E-state index is 0.259. The van der Waals surface area contributed by atoms with Crippen molar-refractivity contribution in [1.29, 1.82) is 0 Å². The maximum absolute atomic E-state index is 12.2. The summed E-state index contributed by atoms with van der Waals surface area (Å²) in [7, 11) is 1.78. The third-order valence-electron chi connectivity index (χ3n) is 3.69. The largest absolute Gasteiger partial charge is 0.480 e. The van der Waals surface area contributed by atoms with Crippen LogP contribution >= 0.6 is 0 Å². The molecule has 1 aliphatic heterocycles. The van der Waals surface area contributed by atoms with E-state index in [4.69, 9.17) is 0 Å². The zero-order valence-electron chi connectivity index (χ0n) is 11.7. The molecule has 0 saturated carbocycles. The Kier molecular flexibility index (Phi) is 4.22. The Labute approximate surface area is 117 Å². The molecule has 0 radical (unpaired) electrons. The zero-order valence-corrected chi connectivity index (χ0v) is 11.7. The molecular formula is C14H19N3O3. The van der Waals surface area contributed by atoms with E-state index in [-0.39, 0.29) is 5.91 Å². The number of hydrogen-bond acceptors (Lipinski definition) is 3. The van der Waals surface area contributed by atoms with Crippen LogP contribution in [0, 0.1) is 5.92 Å². The molecular weight excluding hydrogens is 258 g/mol. The van der Waals surface area contributed by atoms with Gasteiger partial charge in [-0.2, -0.15) is 5.10 Å². The lowest BCUT2D eigenvalue weighted by atomic mass is 9.92. The number of carboxylic acids is 1. The molecule has 2 unspecified atom stereocenters. The monoisotopic (exact) mass is 277 g/mol. The van der Waals surface area contributed by atoms with E-state index in [1.165, 1.54) is 11.0 Å². The van der Waals surface area contributed by atoms with Crippen LogP contribution in [0.3, 0.4) is 0 Å². The number of nitrogens with zero attached hydrogens (tertiary/aromatic N) is 3. The van der Waals surface area contributed by atoms with Crippen molar-refractivity contribution in [1.82, 2.24) is 14.7 Å². The number of piperidine rings is 1. The molecule has 6 nitrogen and oxygen atoms in total. The first kappa shape index (κ1) is 14.3. The van der Waals surface area contributed by atoms with Gasteiger partial charge in [-0.3, -0.25) is 9.48 Å². The molecule has 1 saturated heterocycles. The van der Waals surface area contributed by atoms with Crippen LogP contribution in [-0.4, -0.2) is 44.3 Å². The van der Waals surface area contributed by atoms with Gasteiger partial charge in [-0.25, -0.2) is 4.79 Å². The highest BCUT2D eigenvalue weighted by atomic mass is 16.4. The number of aromatic nitrogens is 2. The highest BCUT2D eigenvalue weighted by molar-refractivity contribution is 5.94. The van der Waals surface area contributed by atoms with Crippen molar-refractivity contribution in [3.05, 3.63) is 24.0 Å². The van der Waals surface area contributed by atoms with E-state index in [1.54, 1.807) is 30.1 Å². The quantitative estimate of drug-likeness (QED) is 0.841. The molecule has 108 valence electrons. The number of amides is 1. The van der Waals surface area contributed by atoms with Gasteiger partial charge in [0.15, 0.2) is 0 Å². The second kappa shape index (κ2) is 5.90. The fourth-order valence-corrected chi connectivity index (χ4v) is 2.44. The van der Waals surface area contributed by atoms with Crippen molar-refractivity contribution in [2.24, 2.45) is 13.0 Å². The molecule has 1 fully saturated rings. The van der Waals surface area contributed by atoms with E-state index in [2.05, 4.69) is 5.10 Å². The Morgan fingerprint density at radius 3 is 2.85 bits per heavy atom. The Balaban J connectivity index is 2.09. The van der Waals surface area contributed by atoms with E-state index in [9.17, 15) is 14.7 Å². The van der Waals surface area contributed by atoms with Gasteiger partial charge in [0.1, 0.15) is 6.04 Å². The standard InChI is InChI=1S/C14H19N3O3/c1-10-6-8-17(12(9-10)14(19)20)13(18)4-3-11-5-7-15-16(11)2/h3-5,7,10,12H,6,8-9H2,1-2H3,(H,19,20)/b4-3+. The first-order chi connectivity index (χ1) is 9.49. The molecule has 1 N–H and O–H groups in total. The molecule has 0 spiro atoms. The Morgan fingerprint density at radius 2 is 2.25 bits per heavy atom.